The minimum Gasteiger partial charge on any atom is -0.389 e. The summed E-state index contributed by atoms with van der Waals surface area (Å²) in [6, 6.07) is 8.38. The molecule has 1 heterocycles. The molecule has 1 aromatic carbocycles. The number of benzene rings is 1. The first-order chi connectivity index (χ1) is 7.70. The van der Waals surface area contributed by atoms with E-state index in [9.17, 15) is 0 Å². The summed E-state index contributed by atoms with van der Waals surface area (Å²) in [4.78, 5) is 2.76. The lowest BCUT2D eigenvalue weighted by atomic mass is 10.1. The number of nitrogens with zero attached hydrogens (tertiary/aromatic N) is 1. The van der Waals surface area contributed by atoms with Crippen LogP contribution in [0.2, 0.25) is 0 Å². The maximum absolute atomic E-state index is 5.74. The molecule has 16 heavy (non-hydrogen) atoms. The lowest BCUT2D eigenvalue weighted by Crippen LogP contribution is -2.44. The van der Waals surface area contributed by atoms with Gasteiger partial charge in [-0.05, 0) is 19.1 Å². The Kier molecular flexibility index (Phi) is 3.41. The number of rotatable bonds is 2. The lowest BCUT2D eigenvalue weighted by molar-refractivity contribution is 0.0989. The molecule has 1 unspecified atom stereocenters. The fourth-order valence-corrected chi connectivity index (χ4v) is 2.19. The molecule has 1 aromatic rings. The quantitative estimate of drug-likeness (QED) is 0.791. The SMILES string of the molecule is CC1COCCN1c1ccccc1C(N)=S. The Labute approximate surface area is 101 Å². The van der Waals surface area contributed by atoms with Gasteiger partial charge in [-0.25, -0.2) is 0 Å². The van der Waals surface area contributed by atoms with E-state index >= 15 is 0 Å². The van der Waals surface area contributed by atoms with E-state index in [0.717, 1.165) is 31.0 Å². The van der Waals surface area contributed by atoms with E-state index < -0.39 is 0 Å². The highest BCUT2D eigenvalue weighted by atomic mass is 32.1. The van der Waals surface area contributed by atoms with Crippen molar-refractivity contribution in [2.45, 2.75) is 13.0 Å². The Hall–Kier alpha value is -1.13. The van der Waals surface area contributed by atoms with E-state index in [2.05, 4.69) is 17.9 Å². The number of anilines is 1. The summed E-state index contributed by atoms with van der Waals surface area (Å²) in [7, 11) is 0. The van der Waals surface area contributed by atoms with Crippen LogP contribution in [0.25, 0.3) is 0 Å². The predicted molar refractivity (Wildman–Crippen MR) is 70.0 cm³/mol. The van der Waals surface area contributed by atoms with Crippen LogP contribution in [0.15, 0.2) is 24.3 Å². The number of thiocarbonyl (C=S) groups is 1. The molecule has 0 saturated carbocycles. The molecule has 0 aromatic heterocycles. The van der Waals surface area contributed by atoms with Crippen molar-refractivity contribution in [1.82, 2.24) is 0 Å². The van der Waals surface area contributed by atoms with Crippen molar-refractivity contribution in [3.8, 4) is 0 Å². The molecule has 1 fully saturated rings. The Balaban J connectivity index is 2.34. The second kappa shape index (κ2) is 4.80. The van der Waals surface area contributed by atoms with Crippen LogP contribution in [0, 0.1) is 0 Å². The first kappa shape index (κ1) is 11.4. The molecule has 0 spiro atoms. The van der Waals surface area contributed by atoms with Gasteiger partial charge in [-0.1, -0.05) is 24.4 Å². The van der Waals surface area contributed by atoms with Gasteiger partial charge < -0.3 is 15.4 Å². The molecule has 1 aliphatic rings. The molecule has 0 amide bonds. The zero-order valence-corrected chi connectivity index (χ0v) is 10.2. The topological polar surface area (TPSA) is 38.5 Å². The average molecular weight is 236 g/mol. The molecule has 2 N–H and O–H groups in total. The minimum absolute atomic E-state index is 0.365. The minimum atomic E-state index is 0.365. The Morgan fingerprint density at radius 1 is 1.50 bits per heavy atom. The van der Waals surface area contributed by atoms with Crippen LogP contribution in [0.5, 0.6) is 0 Å². The maximum Gasteiger partial charge on any atom is 0.106 e. The van der Waals surface area contributed by atoms with Crippen molar-refractivity contribution in [3.05, 3.63) is 29.8 Å². The third-order valence-corrected chi connectivity index (χ3v) is 3.07. The smallest absolute Gasteiger partial charge is 0.106 e. The number of ether oxygens (including phenoxy) is 1. The normalized spacial score (nSPS) is 20.8. The summed E-state index contributed by atoms with van der Waals surface area (Å²) < 4.78 is 5.43. The monoisotopic (exact) mass is 236 g/mol. The fourth-order valence-electron chi connectivity index (χ4n) is 2.02. The molecule has 0 bridgehead atoms. The fraction of sp³-hybridized carbons (Fsp3) is 0.417. The molecular formula is C12H16N2OS. The highest BCUT2D eigenvalue weighted by Crippen LogP contribution is 2.24. The van der Waals surface area contributed by atoms with Crippen molar-refractivity contribution in [2.24, 2.45) is 5.73 Å². The molecule has 3 nitrogen and oxygen atoms in total. The molecule has 1 atom stereocenters. The van der Waals surface area contributed by atoms with E-state index in [1.54, 1.807) is 0 Å². The van der Waals surface area contributed by atoms with Crippen molar-refractivity contribution in [1.29, 1.82) is 0 Å². The molecule has 0 radical (unpaired) electrons. The third kappa shape index (κ3) is 2.18. The van der Waals surface area contributed by atoms with E-state index in [0.29, 0.717) is 11.0 Å². The zero-order valence-electron chi connectivity index (χ0n) is 9.35. The van der Waals surface area contributed by atoms with Gasteiger partial charge in [-0.2, -0.15) is 0 Å². The summed E-state index contributed by atoms with van der Waals surface area (Å²) in [5, 5.41) is 0. The molecule has 4 heteroatoms. The molecule has 2 rings (SSSR count). The standard InChI is InChI=1S/C12H16N2OS/c1-9-8-15-7-6-14(9)11-5-3-2-4-10(11)12(13)16/h2-5,9H,6-8H2,1H3,(H2,13,16). The number of hydrogen-bond donors (Lipinski definition) is 1. The van der Waals surface area contributed by atoms with Gasteiger partial charge in [0.25, 0.3) is 0 Å². The third-order valence-electron chi connectivity index (χ3n) is 2.85. The van der Waals surface area contributed by atoms with Gasteiger partial charge in [0, 0.05) is 23.8 Å². The van der Waals surface area contributed by atoms with E-state index in [1.807, 2.05) is 18.2 Å². The van der Waals surface area contributed by atoms with Gasteiger partial charge in [-0.15, -0.1) is 0 Å². The van der Waals surface area contributed by atoms with E-state index in [1.165, 1.54) is 0 Å². The second-order valence-corrected chi connectivity index (χ2v) is 4.44. The van der Waals surface area contributed by atoms with Crippen LogP contribution >= 0.6 is 12.2 Å². The van der Waals surface area contributed by atoms with Gasteiger partial charge in [-0.3, -0.25) is 0 Å². The van der Waals surface area contributed by atoms with Crippen molar-refractivity contribution >= 4 is 22.9 Å². The molecule has 0 aliphatic carbocycles. The molecular weight excluding hydrogens is 220 g/mol. The summed E-state index contributed by atoms with van der Waals surface area (Å²) in [5.41, 5.74) is 7.81. The second-order valence-electron chi connectivity index (χ2n) is 4.00. The average Bonchev–Trinajstić information content (AvgIpc) is 2.29. The highest BCUT2D eigenvalue weighted by Gasteiger charge is 2.21. The summed E-state index contributed by atoms with van der Waals surface area (Å²) in [6.45, 7) is 4.55. The Bertz CT molecular complexity index is 394. The van der Waals surface area contributed by atoms with Gasteiger partial charge in [0.1, 0.15) is 4.99 Å². The molecule has 1 aliphatic heterocycles. The molecule has 1 saturated heterocycles. The maximum atomic E-state index is 5.74. The zero-order chi connectivity index (χ0) is 11.5. The van der Waals surface area contributed by atoms with Crippen LogP contribution in [-0.2, 0) is 4.74 Å². The predicted octanol–water partition coefficient (Wildman–Crippen LogP) is 1.55. The summed E-state index contributed by atoms with van der Waals surface area (Å²) in [5.74, 6) is 0. The van der Waals surface area contributed by atoms with Gasteiger partial charge in [0.15, 0.2) is 0 Å². The Morgan fingerprint density at radius 2 is 2.25 bits per heavy atom. The van der Waals surface area contributed by atoms with Crippen molar-refractivity contribution in [2.75, 3.05) is 24.7 Å². The van der Waals surface area contributed by atoms with Crippen molar-refractivity contribution < 1.29 is 4.74 Å². The number of nitrogens with two attached hydrogens (primary N) is 1. The van der Waals surface area contributed by atoms with E-state index in [-0.39, 0.29) is 0 Å². The molecule has 86 valence electrons. The number of morpholine rings is 1. The van der Waals surface area contributed by atoms with E-state index in [4.69, 9.17) is 22.7 Å². The summed E-state index contributed by atoms with van der Waals surface area (Å²) in [6.07, 6.45) is 0. The first-order valence-corrected chi connectivity index (χ1v) is 5.84. The van der Waals surface area contributed by atoms with Gasteiger partial charge in [0.05, 0.1) is 13.2 Å². The summed E-state index contributed by atoms with van der Waals surface area (Å²) >= 11 is 5.08. The van der Waals surface area contributed by atoms with Crippen LogP contribution < -0.4 is 10.6 Å². The van der Waals surface area contributed by atoms with Crippen LogP contribution in [0.4, 0.5) is 5.69 Å². The first-order valence-electron chi connectivity index (χ1n) is 5.43. The van der Waals surface area contributed by atoms with Crippen LogP contribution in [-0.4, -0.2) is 30.8 Å². The van der Waals surface area contributed by atoms with Crippen LogP contribution in [0.1, 0.15) is 12.5 Å². The lowest BCUT2D eigenvalue weighted by Gasteiger charge is -2.36. The van der Waals surface area contributed by atoms with Crippen LogP contribution in [0.3, 0.4) is 0 Å². The largest absolute Gasteiger partial charge is 0.389 e. The van der Waals surface area contributed by atoms with Crippen molar-refractivity contribution in [3.63, 3.8) is 0 Å². The number of hydrogen-bond acceptors (Lipinski definition) is 3. The van der Waals surface area contributed by atoms with Gasteiger partial charge >= 0.3 is 0 Å². The highest BCUT2D eigenvalue weighted by molar-refractivity contribution is 7.80. The Morgan fingerprint density at radius 3 is 2.94 bits per heavy atom. The number of para-hydroxylation sites is 1. The van der Waals surface area contributed by atoms with Gasteiger partial charge in [0.2, 0.25) is 0 Å².